The van der Waals surface area contributed by atoms with Crippen LogP contribution >= 0.6 is 24.0 Å². The van der Waals surface area contributed by atoms with Crippen molar-refractivity contribution < 1.29 is 4.74 Å². The summed E-state index contributed by atoms with van der Waals surface area (Å²) in [7, 11) is 0. The standard InChI is InChI=1S/C7H10N2OS2/c1-3-10-5-4-8-7(12-2)9-6(5)11/h4H,3H2,1-2H3,(H,8,9,11). The number of rotatable bonds is 3. The van der Waals surface area contributed by atoms with Crippen molar-refractivity contribution in [3.05, 3.63) is 10.8 Å². The first-order valence-electron chi connectivity index (χ1n) is 3.54. The summed E-state index contributed by atoms with van der Waals surface area (Å²) in [6.45, 7) is 2.52. The molecule has 0 fully saturated rings. The van der Waals surface area contributed by atoms with Gasteiger partial charge in [0, 0.05) is 0 Å². The zero-order valence-corrected chi connectivity index (χ0v) is 8.59. The highest BCUT2D eigenvalue weighted by Gasteiger charge is 1.97. The van der Waals surface area contributed by atoms with Gasteiger partial charge in [0.25, 0.3) is 0 Å². The average Bonchev–Trinajstić information content (AvgIpc) is 2.09. The van der Waals surface area contributed by atoms with Crippen molar-refractivity contribution >= 4 is 24.0 Å². The van der Waals surface area contributed by atoms with Gasteiger partial charge in [-0.1, -0.05) is 24.0 Å². The molecule has 1 N–H and O–H groups in total. The summed E-state index contributed by atoms with van der Waals surface area (Å²) in [4.78, 5) is 7.04. The lowest BCUT2D eigenvalue weighted by Gasteiger charge is -2.02. The van der Waals surface area contributed by atoms with Crippen LogP contribution in [0.15, 0.2) is 11.4 Å². The van der Waals surface area contributed by atoms with Gasteiger partial charge in [-0.3, -0.25) is 0 Å². The lowest BCUT2D eigenvalue weighted by molar-refractivity contribution is 0.334. The van der Waals surface area contributed by atoms with Gasteiger partial charge in [0.05, 0.1) is 12.8 Å². The molecule has 12 heavy (non-hydrogen) atoms. The SMILES string of the molecule is CCOc1cnc(SC)[nH]c1=S. The minimum atomic E-state index is 0.608. The summed E-state index contributed by atoms with van der Waals surface area (Å²) in [6, 6.07) is 0. The molecular weight excluding hydrogens is 192 g/mol. The highest BCUT2D eigenvalue weighted by molar-refractivity contribution is 7.98. The summed E-state index contributed by atoms with van der Waals surface area (Å²) >= 11 is 6.56. The van der Waals surface area contributed by atoms with Crippen LogP contribution in [0.25, 0.3) is 0 Å². The van der Waals surface area contributed by atoms with Gasteiger partial charge in [0.2, 0.25) is 0 Å². The first-order valence-corrected chi connectivity index (χ1v) is 5.17. The molecule has 1 heterocycles. The number of ether oxygens (including phenoxy) is 1. The molecule has 1 rings (SSSR count). The molecular formula is C7H10N2OS2. The molecule has 0 spiro atoms. The van der Waals surface area contributed by atoms with Crippen LogP contribution in [-0.4, -0.2) is 22.8 Å². The Morgan fingerprint density at radius 2 is 2.50 bits per heavy atom. The van der Waals surface area contributed by atoms with Crippen molar-refractivity contribution in [2.24, 2.45) is 0 Å². The van der Waals surface area contributed by atoms with Gasteiger partial charge < -0.3 is 9.72 Å². The van der Waals surface area contributed by atoms with E-state index < -0.39 is 0 Å². The summed E-state index contributed by atoms with van der Waals surface area (Å²) in [5.41, 5.74) is 0. The van der Waals surface area contributed by atoms with Crippen molar-refractivity contribution in [1.82, 2.24) is 9.97 Å². The Morgan fingerprint density at radius 1 is 1.75 bits per heavy atom. The third-order valence-electron chi connectivity index (χ3n) is 1.24. The van der Waals surface area contributed by atoms with Crippen LogP contribution in [0.5, 0.6) is 5.75 Å². The Hall–Kier alpha value is -0.550. The summed E-state index contributed by atoms with van der Waals surface area (Å²) < 4.78 is 5.84. The number of thioether (sulfide) groups is 1. The van der Waals surface area contributed by atoms with Crippen LogP contribution in [0, 0.1) is 4.64 Å². The predicted octanol–water partition coefficient (Wildman–Crippen LogP) is 2.26. The van der Waals surface area contributed by atoms with Crippen LogP contribution in [0.4, 0.5) is 0 Å². The predicted molar refractivity (Wildman–Crippen MR) is 52.4 cm³/mol. The number of nitrogens with zero attached hydrogens (tertiary/aromatic N) is 1. The zero-order chi connectivity index (χ0) is 8.97. The molecule has 0 saturated carbocycles. The normalized spacial score (nSPS) is 9.83. The number of hydrogen-bond donors (Lipinski definition) is 1. The molecule has 66 valence electrons. The van der Waals surface area contributed by atoms with Crippen LogP contribution in [-0.2, 0) is 0 Å². The molecule has 0 radical (unpaired) electrons. The van der Waals surface area contributed by atoms with E-state index in [2.05, 4.69) is 9.97 Å². The lowest BCUT2D eigenvalue weighted by atomic mass is 10.6. The van der Waals surface area contributed by atoms with E-state index in [0.29, 0.717) is 17.0 Å². The van der Waals surface area contributed by atoms with E-state index in [-0.39, 0.29) is 0 Å². The average molecular weight is 202 g/mol. The van der Waals surface area contributed by atoms with Crippen LogP contribution < -0.4 is 4.74 Å². The van der Waals surface area contributed by atoms with E-state index in [4.69, 9.17) is 17.0 Å². The molecule has 0 aliphatic rings. The van der Waals surface area contributed by atoms with E-state index in [1.54, 1.807) is 6.20 Å². The van der Waals surface area contributed by atoms with Gasteiger partial charge in [-0.05, 0) is 13.2 Å². The van der Waals surface area contributed by atoms with E-state index in [1.807, 2.05) is 13.2 Å². The maximum Gasteiger partial charge on any atom is 0.172 e. The molecule has 0 atom stereocenters. The maximum atomic E-state index is 5.23. The number of hydrogen-bond acceptors (Lipinski definition) is 4. The first-order chi connectivity index (χ1) is 5.77. The number of aromatic nitrogens is 2. The Balaban J connectivity index is 2.96. The number of nitrogens with one attached hydrogen (secondary N) is 1. The largest absolute Gasteiger partial charge is 0.489 e. The van der Waals surface area contributed by atoms with E-state index in [9.17, 15) is 0 Å². The minimum absolute atomic E-state index is 0.608. The number of aromatic amines is 1. The fraction of sp³-hybridized carbons (Fsp3) is 0.429. The van der Waals surface area contributed by atoms with Gasteiger partial charge in [0.15, 0.2) is 10.9 Å². The first kappa shape index (κ1) is 9.54. The Kier molecular flexibility index (Phi) is 3.55. The van der Waals surface area contributed by atoms with Crippen molar-refractivity contribution in [2.75, 3.05) is 12.9 Å². The fourth-order valence-electron chi connectivity index (χ4n) is 0.729. The molecule has 1 aromatic rings. The van der Waals surface area contributed by atoms with Crippen LogP contribution in [0.2, 0.25) is 0 Å². The molecule has 0 aliphatic heterocycles. The molecule has 0 bridgehead atoms. The molecule has 1 aromatic heterocycles. The van der Waals surface area contributed by atoms with Gasteiger partial charge in [-0.25, -0.2) is 4.98 Å². The third-order valence-corrected chi connectivity index (χ3v) is 2.13. The topological polar surface area (TPSA) is 37.9 Å². The smallest absolute Gasteiger partial charge is 0.172 e. The Labute approximate surface area is 80.6 Å². The molecule has 0 aromatic carbocycles. The summed E-state index contributed by atoms with van der Waals surface area (Å²) in [6.07, 6.45) is 3.59. The highest BCUT2D eigenvalue weighted by Crippen LogP contribution is 2.14. The molecule has 3 nitrogen and oxygen atoms in total. The van der Waals surface area contributed by atoms with Crippen molar-refractivity contribution in [1.29, 1.82) is 0 Å². The second kappa shape index (κ2) is 4.47. The molecule has 0 amide bonds. The van der Waals surface area contributed by atoms with Crippen molar-refractivity contribution in [3.63, 3.8) is 0 Å². The maximum absolute atomic E-state index is 5.23. The third kappa shape index (κ3) is 2.22. The molecule has 0 unspecified atom stereocenters. The number of H-pyrrole nitrogens is 1. The van der Waals surface area contributed by atoms with E-state index in [1.165, 1.54) is 11.8 Å². The van der Waals surface area contributed by atoms with Crippen molar-refractivity contribution in [2.45, 2.75) is 12.1 Å². The Bertz CT molecular complexity index is 311. The lowest BCUT2D eigenvalue weighted by Crippen LogP contribution is -1.95. The minimum Gasteiger partial charge on any atom is -0.489 e. The second-order valence-electron chi connectivity index (χ2n) is 2.02. The van der Waals surface area contributed by atoms with Gasteiger partial charge in [-0.2, -0.15) is 0 Å². The van der Waals surface area contributed by atoms with E-state index >= 15 is 0 Å². The van der Waals surface area contributed by atoms with Gasteiger partial charge >= 0.3 is 0 Å². The quantitative estimate of drug-likeness (QED) is 0.463. The molecule has 0 aliphatic carbocycles. The summed E-state index contributed by atoms with van der Waals surface area (Å²) in [5, 5.41) is 0.809. The van der Waals surface area contributed by atoms with Crippen LogP contribution in [0.1, 0.15) is 6.92 Å². The molecule has 0 saturated heterocycles. The zero-order valence-electron chi connectivity index (χ0n) is 6.96. The van der Waals surface area contributed by atoms with Gasteiger partial charge in [-0.15, -0.1) is 0 Å². The fourth-order valence-corrected chi connectivity index (χ4v) is 1.36. The Morgan fingerprint density at radius 3 is 3.00 bits per heavy atom. The van der Waals surface area contributed by atoms with Crippen LogP contribution in [0.3, 0.4) is 0 Å². The monoisotopic (exact) mass is 202 g/mol. The summed E-state index contributed by atoms with van der Waals surface area (Å²) in [5.74, 6) is 0.644. The van der Waals surface area contributed by atoms with Gasteiger partial charge in [0.1, 0.15) is 4.64 Å². The van der Waals surface area contributed by atoms with Crippen molar-refractivity contribution in [3.8, 4) is 5.75 Å². The molecule has 5 heteroatoms. The van der Waals surface area contributed by atoms with E-state index in [0.717, 1.165) is 5.16 Å². The highest BCUT2D eigenvalue weighted by atomic mass is 32.2. The second-order valence-corrected chi connectivity index (χ2v) is 3.22.